The molecule has 2 aliphatic rings. The number of carbonyl (C=O) groups is 1. The van der Waals surface area contributed by atoms with E-state index < -0.39 is 11.6 Å². The standard InChI is InChI=1S/C26H23ClN4O4/c27-19-12-16(35-15-4-2-1-3-5-15)6-7-17(19)23(32)18-13-28-24-21(18)22-20(14-29-24)30-25(33)26(31-22)8-10-34-11-9-26/h1-7,12-14,23,31-32H,8-11H2,(H,28,29)(H,30,33). The number of aromatic amines is 1. The number of aromatic nitrogens is 2. The molecular weight excluding hydrogens is 468 g/mol. The molecule has 1 saturated heterocycles. The van der Waals surface area contributed by atoms with Gasteiger partial charge in [-0.05, 0) is 24.3 Å². The van der Waals surface area contributed by atoms with Crippen LogP contribution in [0.15, 0.2) is 60.9 Å². The van der Waals surface area contributed by atoms with Gasteiger partial charge in [0.05, 0.1) is 28.0 Å². The van der Waals surface area contributed by atoms with E-state index in [1.807, 2.05) is 30.3 Å². The quantitative estimate of drug-likeness (QED) is 0.320. The number of pyridine rings is 1. The number of aliphatic hydroxyl groups is 1. The maximum Gasteiger partial charge on any atom is 0.250 e. The third kappa shape index (κ3) is 3.80. The third-order valence-electron chi connectivity index (χ3n) is 6.67. The Morgan fingerprint density at radius 2 is 1.89 bits per heavy atom. The molecule has 1 unspecified atom stereocenters. The predicted octanol–water partition coefficient (Wildman–Crippen LogP) is 5.00. The first-order valence-corrected chi connectivity index (χ1v) is 11.8. The van der Waals surface area contributed by atoms with E-state index in [9.17, 15) is 9.90 Å². The fourth-order valence-electron chi connectivity index (χ4n) is 4.76. The summed E-state index contributed by atoms with van der Waals surface area (Å²) in [7, 11) is 0. The number of nitrogens with one attached hydrogen (secondary N) is 3. The van der Waals surface area contributed by atoms with Crippen LogP contribution in [0.5, 0.6) is 11.5 Å². The average Bonchev–Trinajstić information content (AvgIpc) is 3.31. The molecule has 2 aromatic carbocycles. The van der Waals surface area contributed by atoms with Gasteiger partial charge in [0.1, 0.15) is 28.8 Å². The van der Waals surface area contributed by atoms with E-state index in [-0.39, 0.29) is 5.91 Å². The number of carbonyl (C=O) groups excluding carboxylic acids is 1. The Labute approximate surface area is 206 Å². The van der Waals surface area contributed by atoms with Gasteiger partial charge in [0.25, 0.3) is 0 Å². The van der Waals surface area contributed by atoms with Crippen LogP contribution in [0.1, 0.15) is 30.1 Å². The smallest absolute Gasteiger partial charge is 0.250 e. The summed E-state index contributed by atoms with van der Waals surface area (Å²) in [6, 6.07) is 14.6. The number of aliphatic hydroxyl groups excluding tert-OH is 1. The Bertz CT molecular complexity index is 1420. The highest BCUT2D eigenvalue weighted by Gasteiger charge is 2.44. The summed E-state index contributed by atoms with van der Waals surface area (Å²) in [5.41, 5.74) is 2.29. The summed E-state index contributed by atoms with van der Waals surface area (Å²) in [6.45, 7) is 0.999. The maximum atomic E-state index is 12.9. The van der Waals surface area contributed by atoms with E-state index >= 15 is 0 Å². The Morgan fingerprint density at radius 3 is 2.66 bits per heavy atom. The van der Waals surface area contributed by atoms with E-state index in [4.69, 9.17) is 21.1 Å². The molecule has 1 fully saturated rings. The lowest BCUT2D eigenvalue weighted by Gasteiger charge is -2.41. The lowest BCUT2D eigenvalue weighted by Crippen LogP contribution is -2.55. The largest absolute Gasteiger partial charge is 0.457 e. The van der Waals surface area contributed by atoms with Gasteiger partial charge in [-0.1, -0.05) is 35.9 Å². The van der Waals surface area contributed by atoms with Gasteiger partial charge in [0.2, 0.25) is 5.91 Å². The number of rotatable bonds is 4. The first-order valence-electron chi connectivity index (χ1n) is 11.4. The third-order valence-corrected chi connectivity index (χ3v) is 6.99. The first-order chi connectivity index (χ1) is 17.0. The van der Waals surface area contributed by atoms with Crippen molar-refractivity contribution in [2.75, 3.05) is 23.8 Å². The van der Waals surface area contributed by atoms with E-state index in [2.05, 4.69) is 20.6 Å². The highest BCUT2D eigenvalue weighted by atomic mass is 35.5. The lowest BCUT2D eigenvalue weighted by atomic mass is 9.86. The van der Waals surface area contributed by atoms with Gasteiger partial charge in [0, 0.05) is 43.4 Å². The highest BCUT2D eigenvalue weighted by molar-refractivity contribution is 6.31. The second-order valence-corrected chi connectivity index (χ2v) is 9.20. The number of halogens is 1. The van der Waals surface area contributed by atoms with Crippen LogP contribution in [0, 0.1) is 0 Å². The van der Waals surface area contributed by atoms with Gasteiger partial charge in [-0.3, -0.25) is 4.79 Å². The van der Waals surface area contributed by atoms with Crippen molar-refractivity contribution in [1.82, 2.24) is 9.97 Å². The molecule has 4 N–H and O–H groups in total. The fourth-order valence-corrected chi connectivity index (χ4v) is 5.03. The molecule has 1 atom stereocenters. The van der Waals surface area contributed by atoms with E-state index in [0.29, 0.717) is 70.4 Å². The Hall–Kier alpha value is -3.59. The summed E-state index contributed by atoms with van der Waals surface area (Å²) in [5.74, 6) is 1.17. The van der Waals surface area contributed by atoms with Crippen LogP contribution in [0.3, 0.4) is 0 Å². The molecule has 0 saturated carbocycles. The normalized spacial score (nSPS) is 17.5. The molecule has 2 aromatic heterocycles. The van der Waals surface area contributed by atoms with Gasteiger partial charge in [-0.15, -0.1) is 0 Å². The monoisotopic (exact) mass is 490 g/mol. The van der Waals surface area contributed by atoms with Crippen LogP contribution in [0.2, 0.25) is 5.02 Å². The van der Waals surface area contributed by atoms with Crippen molar-refractivity contribution in [1.29, 1.82) is 0 Å². The summed E-state index contributed by atoms with van der Waals surface area (Å²) >= 11 is 6.59. The van der Waals surface area contributed by atoms with Crippen molar-refractivity contribution in [3.8, 4) is 11.5 Å². The summed E-state index contributed by atoms with van der Waals surface area (Å²) in [5, 5.41) is 18.9. The molecule has 1 amide bonds. The number of hydrogen-bond acceptors (Lipinski definition) is 6. The van der Waals surface area contributed by atoms with Gasteiger partial charge in [0.15, 0.2) is 0 Å². The number of fused-ring (bicyclic) bond motifs is 3. The van der Waals surface area contributed by atoms with Crippen LogP contribution >= 0.6 is 11.6 Å². The summed E-state index contributed by atoms with van der Waals surface area (Å²) < 4.78 is 11.3. The van der Waals surface area contributed by atoms with Crippen LogP contribution in [0.25, 0.3) is 11.0 Å². The van der Waals surface area contributed by atoms with Crippen LogP contribution in [-0.4, -0.2) is 39.7 Å². The molecule has 4 aromatic rings. The zero-order valence-electron chi connectivity index (χ0n) is 18.7. The van der Waals surface area contributed by atoms with Crippen molar-refractivity contribution in [2.24, 2.45) is 0 Å². The van der Waals surface area contributed by atoms with Gasteiger partial charge in [-0.25, -0.2) is 4.98 Å². The second-order valence-electron chi connectivity index (χ2n) is 8.79. The van der Waals surface area contributed by atoms with Gasteiger partial charge >= 0.3 is 0 Å². The van der Waals surface area contributed by atoms with Crippen molar-refractivity contribution in [3.05, 3.63) is 77.1 Å². The number of ether oxygens (including phenoxy) is 2. The maximum absolute atomic E-state index is 12.9. The molecule has 0 bridgehead atoms. The molecule has 0 aliphatic carbocycles. The highest BCUT2D eigenvalue weighted by Crippen LogP contribution is 2.43. The number of para-hydroxylation sites is 1. The minimum atomic E-state index is -1.03. The zero-order valence-corrected chi connectivity index (χ0v) is 19.4. The Morgan fingerprint density at radius 1 is 1.09 bits per heavy atom. The number of anilines is 2. The van der Waals surface area contributed by atoms with Crippen LogP contribution < -0.4 is 15.4 Å². The van der Waals surface area contributed by atoms with Crippen molar-refractivity contribution < 1.29 is 19.4 Å². The molecule has 178 valence electrons. The number of H-pyrrole nitrogens is 1. The number of amides is 1. The number of hydrogen-bond donors (Lipinski definition) is 4. The fraction of sp³-hybridized carbons (Fsp3) is 0.231. The number of benzene rings is 2. The van der Waals surface area contributed by atoms with Crippen molar-refractivity contribution in [2.45, 2.75) is 24.5 Å². The number of nitrogens with zero attached hydrogens (tertiary/aromatic N) is 1. The van der Waals surface area contributed by atoms with E-state index in [0.717, 1.165) is 5.69 Å². The topological polar surface area (TPSA) is 109 Å². The molecule has 1 spiro atoms. The second kappa shape index (κ2) is 8.57. The zero-order chi connectivity index (χ0) is 24.0. The van der Waals surface area contributed by atoms with Crippen LogP contribution in [-0.2, 0) is 9.53 Å². The molecular formula is C26H23ClN4O4. The van der Waals surface area contributed by atoms with Crippen LogP contribution in [0.4, 0.5) is 11.4 Å². The van der Waals surface area contributed by atoms with Crippen molar-refractivity contribution >= 4 is 39.9 Å². The first kappa shape index (κ1) is 21.9. The van der Waals surface area contributed by atoms with Crippen molar-refractivity contribution in [3.63, 3.8) is 0 Å². The molecule has 4 heterocycles. The minimum Gasteiger partial charge on any atom is -0.457 e. The van der Waals surface area contributed by atoms with E-state index in [1.54, 1.807) is 30.6 Å². The van der Waals surface area contributed by atoms with Gasteiger partial charge in [-0.2, -0.15) is 0 Å². The average molecular weight is 491 g/mol. The minimum absolute atomic E-state index is 0.0934. The summed E-state index contributed by atoms with van der Waals surface area (Å²) in [4.78, 5) is 20.5. The van der Waals surface area contributed by atoms with E-state index in [1.165, 1.54) is 0 Å². The predicted molar refractivity (Wildman–Crippen MR) is 133 cm³/mol. The molecule has 9 heteroatoms. The SMILES string of the molecule is O=C1Nc2cnc3[nH]cc(C(O)c4ccc(Oc5ccccc5)cc4Cl)c3c2NC12CCOCC2. The molecule has 2 aliphatic heterocycles. The Balaban J connectivity index is 1.37. The molecule has 6 rings (SSSR count). The molecule has 35 heavy (non-hydrogen) atoms. The lowest BCUT2D eigenvalue weighted by molar-refractivity contribution is -0.123. The molecule has 8 nitrogen and oxygen atoms in total. The Kier molecular flexibility index (Phi) is 5.36. The summed E-state index contributed by atoms with van der Waals surface area (Å²) in [6.07, 6.45) is 3.42. The molecule has 0 radical (unpaired) electrons. The van der Waals surface area contributed by atoms with Gasteiger partial charge < -0.3 is 30.2 Å².